The first-order chi connectivity index (χ1) is 13.1. The number of esters is 1. The highest BCUT2D eigenvalue weighted by atomic mass is 16.5. The molecule has 0 spiro atoms. The molecule has 6 heteroatoms. The van der Waals surface area contributed by atoms with Crippen LogP contribution in [-0.4, -0.2) is 38.4 Å². The minimum absolute atomic E-state index is 0.301. The molecule has 0 aromatic heterocycles. The zero-order chi connectivity index (χ0) is 19.9. The van der Waals surface area contributed by atoms with Crippen molar-refractivity contribution in [2.75, 3.05) is 31.7 Å². The molecule has 0 bridgehead atoms. The highest BCUT2D eigenvalue weighted by Crippen LogP contribution is 2.13. The summed E-state index contributed by atoms with van der Waals surface area (Å²) in [7, 11) is 0. The fourth-order valence-corrected chi connectivity index (χ4v) is 2.64. The van der Waals surface area contributed by atoms with Gasteiger partial charge in [-0.1, -0.05) is 39.2 Å². The normalized spacial score (nSPS) is 11.7. The van der Waals surface area contributed by atoms with E-state index in [2.05, 4.69) is 24.5 Å². The molecule has 1 aromatic rings. The summed E-state index contributed by atoms with van der Waals surface area (Å²) in [6, 6.07) is 6.39. The molecule has 1 atom stereocenters. The van der Waals surface area contributed by atoms with Crippen molar-refractivity contribution in [3.63, 3.8) is 0 Å². The van der Waals surface area contributed by atoms with Gasteiger partial charge in [-0.2, -0.15) is 0 Å². The average Bonchev–Trinajstić information content (AvgIpc) is 2.67. The van der Waals surface area contributed by atoms with E-state index in [1.54, 1.807) is 31.2 Å². The number of nitrogens with one attached hydrogen (secondary N) is 2. The van der Waals surface area contributed by atoms with Crippen LogP contribution in [0.15, 0.2) is 24.3 Å². The number of carbonyl (C=O) groups is 2. The van der Waals surface area contributed by atoms with E-state index in [0.29, 0.717) is 36.9 Å². The Kier molecular flexibility index (Phi) is 11.9. The predicted molar refractivity (Wildman–Crippen MR) is 108 cm³/mol. The van der Waals surface area contributed by atoms with Crippen LogP contribution in [0.25, 0.3) is 0 Å². The van der Waals surface area contributed by atoms with Crippen molar-refractivity contribution in [1.82, 2.24) is 5.32 Å². The number of urea groups is 1. The number of carbonyl (C=O) groups excluding carboxylic acids is 2. The molecule has 0 aliphatic carbocycles. The maximum absolute atomic E-state index is 11.9. The van der Waals surface area contributed by atoms with Gasteiger partial charge in [0.25, 0.3) is 0 Å². The molecular weight excluding hydrogens is 344 g/mol. The number of anilines is 1. The Morgan fingerprint density at radius 1 is 1.15 bits per heavy atom. The van der Waals surface area contributed by atoms with Crippen molar-refractivity contribution in [2.24, 2.45) is 5.92 Å². The van der Waals surface area contributed by atoms with Crippen LogP contribution in [0.4, 0.5) is 10.5 Å². The van der Waals surface area contributed by atoms with Crippen molar-refractivity contribution in [3.05, 3.63) is 29.8 Å². The van der Waals surface area contributed by atoms with Gasteiger partial charge in [0.1, 0.15) is 0 Å². The Bertz CT molecular complexity index is 563. The minimum atomic E-state index is -0.400. The van der Waals surface area contributed by atoms with Gasteiger partial charge in [-0.25, -0.2) is 9.59 Å². The number of rotatable bonds is 13. The van der Waals surface area contributed by atoms with Gasteiger partial charge in [-0.05, 0) is 43.9 Å². The molecule has 0 fully saturated rings. The number of amides is 2. The monoisotopic (exact) mass is 378 g/mol. The van der Waals surface area contributed by atoms with Crippen LogP contribution < -0.4 is 10.6 Å². The van der Waals surface area contributed by atoms with Gasteiger partial charge in [-0.3, -0.25) is 0 Å². The third kappa shape index (κ3) is 9.99. The molecule has 6 nitrogen and oxygen atoms in total. The molecule has 1 rings (SSSR count). The molecule has 0 aliphatic rings. The van der Waals surface area contributed by atoms with Gasteiger partial charge < -0.3 is 20.1 Å². The van der Waals surface area contributed by atoms with Gasteiger partial charge >= 0.3 is 12.0 Å². The Morgan fingerprint density at radius 3 is 2.67 bits per heavy atom. The molecule has 0 saturated carbocycles. The summed E-state index contributed by atoms with van der Waals surface area (Å²) >= 11 is 0. The van der Waals surface area contributed by atoms with E-state index in [-0.39, 0.29) is 6.03 Å². The number of hydrogen-bond acceptors (Lipinski definition) is 4. The minimum Gasteiger partial charge on any atom is -0.462 e. The van der Waals surface area contributed by atoms with Crippen LogP contribution in [0.1, 0.15) is 63.2 Å². The summed E-state index contributed by atoms with van der Waals surface area (Å²) in [6.45, 7) is 8.45. The zero-order valence-electron chi connectivity index (χ0n) is 16.9. The molecule has 0 saturated heterocycles. The molecular formula is C21H34N2O4. The first kappa shape index (κ1) is 23.0. The lowest BCUT2D eigenvalue weighted by Gasteiger charge is -2.14. The van der Waals surface area contributed by atoms with Crippen LogP contribution >= 0.6 is 0 Å². The zero-order valence-corrected chi connectivity index (χ0v) is 16.9. The maximum Gasteiger partial charge on any atom is 0.338 e. The molecule has 0 aliphatic heterocycles. The van der Waals surface area contributed by atoms with Crippen molar-refractivity contribution < 1.29 is 19.1 Å². The summed E-state index contributed by atoms with van der Waals surface area (Å²) < 4.78 is 10.7. The summed E-state index contributed by atoms with van der Waals surface area (Å²) in [5.74, 6) is 0.232. The second-order valence-corrected chi connectivity index (χ2v) is 6.53. The second kappa shape index (κ2) is 14.0. The van der Waals surface area contributed by atoms with E-state index in [1.807, 2.05) is 0 Å². The van der Waals surface area contributed by atoms with Crippen LogP contribution in [0.2, 0.25) is 0 Å². The number of unbranched alkanes of at least 4 members (excludes halogenated alkanes) is 1. The van der Waals surface area contributed by atoms with Crippen LogP contribution in [0.5, 0.6) is 0 Å². The summed E-state index contributed by atoms with van der Waals surface area (Å²) in [5, 5.41) is 5.52. The predicted octanol–water partition coefficient (Wildman–Crippen LogP) is 4.61. The number of benzene rings is 1. The second-order valence-electron chi connectivity index (χ2n) is 6.53. The van der Waals surface area contributed by atoms with Gasteiger partial charge in [0.2, 0.25) is 0 Å². The molecule has 27 heavy (non-hydrogen) atoms. The van der Waals surface area contributed by atoms with E-state index in [4.69, 9.17) is 9.47 Å². The Morgan fingerprint density at radius 2 is 1.96 bits per heavy atom. The highest BCUT2D eigenvalue weighted by molar-refractivity contribution is 5.93. The summed E-state index contributed by atoms with van der Waals surface area (Å²) in [5.41, 5.74) is 0.965. The standard InChI is InChI=1S/C21H34N2O4/c1-4-7-10-17(5-2)16-26-14-9-13-22-21(25)23-19-12-8-11-18(15-19)20(24)27-6-3/h8,11-12,15,17H,4-7,9-10,13-14,16H2,1-3H3,(H2,22,23,25). The molecule has 152 valence electrons. The topological polar surface area (TPSA) is 76.7 Å². The smallest absolute Gasteiger partial charge is 0.338 e. The largest absolute Gasteiger partial charge is 0.462 e. The Balaban J connectivity index is 2.22. The lowest BCUT2D eigenvalue weighted by atomic mass is 10.0. The number of ether oxygens (including phenoxy) is 2. The molecule has 2 N–H and O–H groups in total. The van der Waals surface area contributed by atoms with Gasteiger partial charge in [-0.15, -0.1) is 0 Å². The maximum atomic E-state index is 11.9. The van der Waals surface area contributed by atoms with Gasteiger partial charge in [0.15, 0.2) is 0 Å². The van der Waals surface area contributed by atoms with Gasteiger partial charge in [0, 0.05) is 25.4 Å². The quantitative estimate of drug-likeness (QED) is 0.388. The SMILES string of the molecule is CCCCC(CC)COCCCNC(=O)Nc1cccc(C(=O)OCC)c1. The molecule has 1 unspecified atom stereocenters. The Hall–Kier alpha value is -2.08. The van der Waals surface area contributed by atoms with Gasteiger partial charge in [0.05, 0.1) is 12.2 Å². The van der Waals surface area contributed by atoms with E-state index in [9.17, 15) is 9.59 Å². The third-order valence-electron chi connectivity index (χ3n) is 4.28. The van der Waals surface area contributed by atoms with Crippen LogP contribution in [0.3, 0.4) is 0 Å². The molecule has 1 aromatic carbocycles. The lowest BCUT2D eigenvalue weighted by Crippen LogP contribution is -2.30. The lowest BCUT2D eigenvalue weighted by molar-refractivity contribution is 0.0526. The third-order valence-corrected chi connectivity index (χ3v) is 4.28. The first-order valence-electron chi connectivity index (χ1n) is 10.00. The van der Waals surface area contributed by atoms with E-state index < -0.39 is 5.97 Å². The Labute approximate surface area is 163 Å². The molecule has 0 radical (unpaired) electrons. The van der Waals surface area contributed by atoms with Crippen molar-refractivity contribution in [1.29, 1.82) is 0 Å². The first-order valence-corrected chi connectivity index (χ1v) is 10.00. The summed E-state index contributed by atoms with van der Waals surface area (Å²) in [6.07, 6.45) is 5.60. The number of hydrogen-bond donors (Lipinski definition) is 2. The highest BCUT2D eigenvalue weighted by Gasteiger charge is 2.08. The van der Waals surface area contributed by atoms with E-state index in [1.165, 1.54) is 19.3 Å². The van der Waals surface area contributed by atoms with Crippen LogP contribution in [0, 0.1) is 5.92 Å². The van der Waals surface area contributed by atoms with Crippen molar-refractivity contribution in [3.8, 4) is 0 Å². The molecule has 2 amide bonds. The fraction of sp³-hybridized carbons (Fsp3) is 0.619. The fourth-order valence-electron chi connectivity index (χ4n) is 2.64. The summed E-state index contributed by atoms with van der Waals surface area (Å²) in [4.78, 5) is 23.7. The van der Waals surface area contributed by atoms with E-state index >= 15 is 0 Å². The van der Waals surface area contributed by atoms with Crippen molar-refractivity contribution in [2.45, 2.75) is 52.9 Å². The van der Waals surface area contributed by atoms with E-state index in [0.717, 1.165) is 19.4 Å². The average molecular weight is 379 g/mol. The van der Waals surface area contributed by atoms with Crippen molar-refractivity contribution >= 4 is 17.7 Å². The van der Waals surface area contributed by atoms with Crippen LogP contribution in [-0.2, 0) is 9.47 Å². The molecule has 0 heterocycles.